The Morgan fingerprint density at radius 1 is 1.47 bits per heavy atom. The molecule has 0 amide bonds. The summed E-state index contributed by atoms with van der Waals surface area (Å²) in [7, 11) is 0. The van der Waals surface area contributed by atoms with Crippen molar-refractivity contribution in [1.29, 1.82) is 0 Å². The molecule has 1 atom stereocenters. The molecule has 1 fully saturated rings. The van der Waals surface area contributed by atoms with Gasteiger partial charge in [0.2, 0.25) is 0 Å². The Morgan fingerprint density at radius 2 is 2.13 bits per heavy atom. The second kappa shape index (κ2) is 4.17. The molecule has 0 radical (unpaired) electrons. The van der Waals surface area contributed by atoms with Gasteiger partial charge in [-0.15, -0.1) is 0 Å². The minimum atomic E-state index is -0.162. The van der Waals surface area contributed by atoms with Gasteiger partial charge in [-0.2, -0.15) is 0 Å². The fraction of sp³-hybridized carbons (Fsp3) is 0.500. The predicted molar refractivity (Wildman–Crippen MR) is 67.9 cm³/mol. The average molecular weight is 336 g/mol. The molecule has 1 aliphatic rings. The van der Waals surface area contributed by atoms with E-state index in [0.29, 0.717) is 14.7 Å². The fourth-order valence-electron chi connectivity index (χ4n) is 1.94. The molecule has 0 spiro atoms. The second-order valence-electron chi connectivity index (χ2n) is 4.37. The van der Waals surface area contributed by atoms with Crippen molar-refractivity contribution in [1.82, 2.24) is 0 Å². The molecule has 0 bridgehead atoms. The van der Waals surface area contributed by atoms with Crippen LogP contribution in [0.25, 0.3) is 0 Å². The minimum absolute atomic E-state index is 0.162. The van der Waals surface area contributed by atoms with Crippen LogP contribution in [0.5, 0.6) is 0 Å². The number of rotatable bonds is 3. The molecule has 1 unspecified atom stereocenters. The summed E-state index contributed by atoms with van der Waals surface area (Å²) in [5.41, 5.74) is 1.44. The highest BCUT2D eigenvalue weighted by molar-refractivity contribution is 9.10. The molecule has 1 aliphatic carbocycles. The summed E-state index contributed by atoms with van der Waals surface area (Å²) in [5.74, 6) is -0.162. The number of halogens is 3. The molecular formula is C12H13Br2F. The minimum Gasteiger partial charge on any atom is -0.206 e. The summed E-state index contributed by atoms with van der Waals surface area (Å²) in [6.45, 7) is 2.18. The summed E-state index contributed by atoms with van der Waals surface area (Å²) in [5, 5.41) is 0. The van der Waals surface area contributed by atoms with Gasteiger partial charge in [0.05, 0.1) is 4.47 Å². The van der Waals surface area contributed by atoms with E-state index in [1.54, 1.807) is 6.07 Å². The van der Waals surface area contributed by atoms with Gasteiger partial charge < -0.3 is 0 Å². The highest BCUT2D eigenvalue weighted by Gasteiger charge is 2.46. The summed E-state index contributed by atoms with van der Waals surface area (Å²) in [6.07, 6.45) is 3.43. The second-order valence-corrected chi connectivity index (χ2v) is 6.53. The number of hydrogen-bond donors (Lipinski definition) is 0. The van der Waals surface area contributed by atoms with Crippen molar-refractivity contribution in [3.05, 3.63) is 34.1 Å². The van der Waals surface area contributed by atoms with Crippen LogP contribution in [-0.4, -0.2) is 4.83 Å². The zero-order chi connectivity index (χ0) is 11.1. The number of alkyl halides is 1. The molecule has 0 aliphatic heterocycles. The highest BCUT2D eigenvalue weighted by Crippen LogP contribution is 2.54. The van der Waals surface area contributed by atoms with E-state index in [-0.39, 0.29) is 5.82 Å². The molecule has 1 aromatic rings. The van der Waals surface area contributed by atoms with Gasteiger partial charge in [0.1, 0.15) is 5.82 Å². The molecule has 0 aromatic heterocycles. The smallest absolute Gasteiger partial charge is 0.137 e. The SMILES string of the molecule is CC(Br)C1(Cc2cccc(F)c2Br)CC1. The van der Waals surface area contributed by atoms with Crippen LogP contribution in [-0.2, 0) is 6.42 Å². The Balaban J connectivity index is 2.22. The first-order valence-corrected chi connectivity index (χ1v) is 6.83. The van der Waals surface area contributed by atoms with Crippen LogP contribution >= 0.6 is 31.9 Å². The van der Waals surface area contributed by atoms with E-state index in [1.165, 1.54) is 18.9 Å². The third-order valence-corrected chi connectivity index (χ3v) is 5.17. The average Bonchev–Trinajstić information content (AvgIpc) is 2.94. The lowest BCUT2D eigenvalue weighted by Crippen LogP contribution is -2.15. The largest absolute Gasteiger partial charge is 0.206 e. The molecule has 3 heteroatoms. The Kier molecular flexibility index (Phi) is 3.22. The molecule has 0 nitrogen and oxygen atoms in total. The summed E-state index contributed by atoms with van der Waals surface area (Å²) >= 11 is 6.97. The first kappa shape index (κ1) is 11.6. The lowest BCUT2D eigenvalue weighted by Gasteiger charge is -2.19. The van der Waals surface area contributed by atoms with Crippen LogP contribution in [0.15, 0.2) is 22.7 Å². The Morgan fingerprint density at radius 3 is 2.67 bits per heavy atom. The summed E-state index contributed by atoms with van der Waals surface area (Å²) in [4.78, 5) is 0.500. The third kappa shape index (κ3) is 2.28. The molecule has 1 saturated carbocycles. The monoisotopic (exact) mass is 334 g/mol. The standard InChI is InChI=1S/C12H13Br2F/c1-8(13)12(5-6-12)7-9-3-2-4-10(15)11(9)14/h2-4,8H,5-7H2,1H3. The van der Waals surface area contributed by atoms with Gasteiger partial charge in [-0.3, -0.25) is 0 Å². The quantitative estimate of drug-likeness (QED) is 0.703. The lowest BCUT2D eigenvalue weighted by molar-refractivity contribution is 0.505. The van der Waals surface area contributed by atoms with Crippen molar-refractivity contribution in [2.24, 2.45) is 5.41 Å². The van der Waals surface area contributed by atoms with Crippen molar-refractivity contribution >= 4 is 31.9 Å². The Hall–Kier alpha value is 0.110. The topological polar surface area (TPSA) is 0 Å². The van der Waals surface area contributed by atoms with Crippen LogP contribution in [0.2, 0.25) is 0 Å². The molecule has 0 saturated heterocycles. The van der Waals surface area contributed by atoms with Crippen molar-refractivity contribution < 1.29 is 4.39 Å². The first-order chi connectivity index (χ1) is 7.05. The van der Waals surface area contributed by atoms with Crippen molar-refractivity contribution in [3.8, 4) is 0 Å². The van der Waals surface area contributed by atoms with Gasteiger partial charge in [0, 0.05) is 4.83 Å². The van der Waals surface area contributed by atoms with E-state index in [9.17, 15) is 4.39 Å². The highest BCUT2D eigenvalue weighted by atomic mass is 79.9. The first-order valence-electron chi connectivity index (χ1n) is 5.12. The van der Waals surface area contributed by atoms with E-state index >= 15 is 0 Å². The van der Waals surface area contributed by atoms with Crippen LogP contribution in [0.1, 0.15) is 25.3 Å². The molecular weight excluding hydrogens is 323 g/mol. The van der Waals surface area contributed by atoms with E-state index in [0.717, 1.165) is 12.0 Å². The normalized spacial score (nSPS) is 20.0. The maximum absolute atomic E-state index is 13.3. The molecule has 2 rings (SSSR count). The zero-order valence-electron chi connectivity index (χ0n) is 8.56. The Labute approximate surface area is 107 Å². The molecule has 0 heterocycles. The van der Waals surface area contributed by atoms with Gasteiger partial charge in [0.25, 0.3) is 0 Å². The Bertz CT molecular complexity index is 370. The summed E-state index contributed by atoms with van der Waals surface area (Å²) in [6, 6.07) is 5.28. The maximum Gasteiger partial charge on any atom is 0.137 e. The molecule has 1 aromatic carbocycles. The van der Waals surface area contributed by atoms with Crippen molar-refractivity contribution in [2.75, 3.05) is 0 Å². The van der Waals surface area contributed by atoms with Crippen LogP contribution in [0.4, 0.5) is 4.39 Å². The van der Waals surface area contributed by atoms with E-state index in [2.05, 4.69) is 38.8 Å². The summed E-state index contributed by atoms with van der Waals surface area (Å²) < 4.78 is 13.9. The lowest BCUT2D eigenvalue weighted by atomic mass is 9.94. The molecule has 0 N–H and O–H groups in total. The zero-order valence-corrected chi connectivity index (χ0v) is 11.7. The van der Waals surface area contributed by atoms with Crippen molar-refractivity contribution in [2.45, 2.75) is 31.0 Å². The van der Waals surface area contributed by atoms with Gasteiger partial charge in [0.15, 0.2) is 0 Å². The number of benzene rings is 1. The number of hydrogen-bond acceptors (Lipinski definition) is 0. The fourth-order valence-corrected chi connectivity index (χ4v) is 2.96. The van der Waals surface area contributed by atoms with Gasteiger partial charge in [-0.25, -0.2) is 4.39 Å². The van der Waals surface area contributed by atoms with Crippen LogP contribution < -0.4 is 0 Å². The van der Waals surface area contributed by atoms with Crippen LogP contribution in [0.3, 0.4) is 0 Å². The van der Waals surface area contributed by atoms with Crippen molar-refractivity contribution in [3.63, 3.8) is 0 Å². The van der Waals surface area contributed by atoms with Crippen LogP contribution in [0, 0.1) is 11.2 Å². The van der Waals surface area contributed by atoms with E-state index in [1.807, 2.05) is 6.07 Å². The predicted octanol–water partition coefficient (Wildman–Crippen LogP) is 4.69. The maximum atomic E-state index is 13.3. The molecule has 15 heavy (non-hydrogen) atoms. The van der Waals surface area contributed by atoms with Gasteiger partial charge >= 0.3 is 0 Å². The molecule has 82 valence electrons. The third-order valence-electron chi connectivity index (χ3n) is 3.31. The van der Waals surface area contributed by atoms with Gasteiger partial charge in [-0.05, 0) is 52.2 Å². The van der Waals surface area contributed by atoms with E-state index in [4.69, 9.17) is 0 Å². The van der Waals surface area contributed by atoms with Gasteiger partial charge in [-0.1, -0.05) is 35.0 Å². The van der Waals surface area contributed by atoms with E-state index < -0.39 is 0 Å².